The Bertz CT molecular complexity index is 1050. The van der Waals surface area contributed by atoms with Crippen LogP contribution in [0.5, 0.6) is 5.75 Å². The summed E-state index contributed by atoms with van der Waals surface area (Å²) in [5.41, 5.74) is 2.16. The van der Waals surface area contributed by atoms with Crippen molar-refractivity contribution >= 4 is 34.0 Å². The molecule has 0 aliphatic carbocycles. The number of benzene rings is 2. The van der Waals surface area contributed by atoms with Crippen molar-refractivity contribution in [3.63, 3.8) is 0 Å². The zero-order valence-corrected chi connectivity index (χ0v) is 18.8. The van der Waals surface area contributed by atoms with E-state index in [1.165, 1.54) is 11.3 Å². The summed E-state index contributed by atoms with van der Waals surface area (Å²) in [6, 6.07) is 17.2. The van der Waals surface area contributed by atoms with Crippen molar-refractivity contribution < 1.29 is 14.3 Å². The Morgan fingerprint density at radius 1 is 1.09 bits per heavy atom. The molecule has 4 rings (SSSR count). The van der Waals surface area contributed by atoms with Gasteiger partial charge in [-0.25, -0.2) is 4.98 Å². The molecule has 2 aromatic carbocycles. The molecule has 2 amide bonds. The fraction of sp³-hybridized carbons (Fsp3) is 0.292. The smallest absolute Gasteiger partial charge is 0.274 e. The third-order valence-corrected chi connectivity index (χ3v) is 6.11. The predicted octanol–water partition coefficient (Wildman–Crippen LogP) is 4.16. The van der Waals surface area contributed by atoms with Gasteiger partial charge in [0, 0.05) is 30.7 Å². The van der Waals surface area contributed by atoms with E-state index in [-0.39, 0.29) is 18.4 Å². The highest BCUT2D eigenvalue weighted by molar-refractivity contribution is 7.14. The average Bonchev–Trinajstić information content (AvgIpc) is 3.52. The van der Waals surface area contributed by atoms with Crippen LogP contribution in [0.3, 0.4) is 0 Å². The van der Waals surface area contributed by atoms with E-state index in [1.807, 2.05) is 59.5 Å². The Balaban J connectivity index is 1.48. The number of anilines is 2. The Morgan fingerprint density at radius 2 is 1.81 bits per heavy atom. The lowest BCUT2D eigenvalue weighted by molar-refractivity contribution is -0.130. The molecule has 1 fully saturated rings. The van der Waals surface area contributed by atoms with Crippen LogP contribution in [0, 0.1) is 0 Å². The molecule has 0 unspecified atom stereocenters. The van der Waals surface area contributed by atoms with Crippen molar-refractivity contribution in [2.45, 2.75) is 19.4 Å². The van der Waals surface area contributed by atoms with E-state index in [1.54, 1.807) is 17.4 Å². The number of aromatic nitrogens is 1. The van der Waals surface area contributed by atoms with Crippen molar-refractivity contribution in [2.75, 3.05) is 32.1 Å². The van der Waals surface area contributed by atoms with Gasteiger partial charge >= 0.3 is 0 Å². The number of ether oxygens (including phenoxy) is 1. The van der Waals surface area contributed by atoms with Gasteiger partial charge in [-0.05, 0) is 42.7 Å². The fourth-order valence-electron chi connectivity index (χ4n) is 3.62. The first-order valence-electron chi connectivity index (χ1n) is 10.6. The van der Waals surface area contributed by atoms with Crippen molar-refractivity contribution in [2.24, 2.45) is 0 Å². The van der Waals surface area contributed by atoms with Crippen molar-refractivity contribution in [1.82, 2.24) is 14.8 Å². The number of carbonyl (C=O) groups is 2. The van der Waals surface area contributed by atoms with Crippen LogP contribution in [0.15, 0.2) is 60.0 Å². The summed E-state index contributed by atoms with van der Waals surface area (Å²) < 4.78 is 5.18. The maximum atomic E-state index is 13.3. The molecule has 0 atom stereocenters. The van der Waals surface area contributed by atoms with Crippen LogP contribution < -0.4 is 10.1 Å². The zero-order chi connectivity index (χ0) is 22.3. The summed E-state index contributed by atoms with van der Waals surface area (Å²) in [7, 11) is 1.62. The highest BCUT2D eigenvalue weighted by atomic mass is 32.1. The summed E-state index contributed by atoms with van der Waals surface area (Å²) in [5.74, 6) is 0.504. The lowest BCUT2D eigenvalue weighted by Gasteiger charge is -2.24. The Labute approximate surface area is 191 Å². The first-order chi connectivity index (χ1) is 15.6. The Morgan fingerprint density at radius 3 is 2.50 bits per heavy atom. The van der Waals surface area contributed by atoms with Crippen LogP contribution in [0.1, 0.15) is 28.9 Å². The number of amides is 2. The second kappa shape index (κ2) is 10.3. The SMILES string of the molecule is COc1ccc(Nc2nc(C(=O)N(CC(=O)N3CCCC3)Cc3ccccc3)cs2)cc1. The molecular weight excluding hydrogens is 424 g/mol. The predicted molar refractivity (Wildman–Crippen MR) is 125 cm³/mol. The van der Waals surface area contributed by atoms with E-state index in [4.69, 9.17) is 4.74 Å². The number of nitrogens with zero attached hydrogens (tertiary/aromatic N) is 3. The second-order valence-electron chi connectivity index (χ2n) is 7.63. The van der Waals surface area contributed by atoms with E-state index in [2.05, 4.69) is 10.3 Å². The van der Waals surface area contributed by atoms with Crippen molar-refractivity contribution in [1.29, 1.82) is 0 Å². The first-order valence-corrected chi connectivity index (χ1v) is 11.5. The first kappa shape index (κ1) is 21.8. The Kier molecular flexibility index (Phi) is 7.01. The van der Waals surface area contributed by atoms with Gasteiger partial charge < -0.3 is 19.9 Å². The third kappa shape index (κ3) is 5.45. The molecule has 1 aromatic heterocycles. The van der Waals surface area contributed by atoms with Crippen LogP contribution in [-0.4, -0.2) is 53.3 Å². The number of nitrogens with one attached hydrogen (secondary N) is 1. The summed E-state index contributed by atoms with van der Waals surface area (Å²) in [4.78, 5) is 34.0. The van der Waals surface area contributed by atoms with Gasteiger partial charge in [0.15, 0.2) is 5.13 Å². The highest BCUT2D eigenvalue weighted by Gasteiger charge is 2.25. The molecule has 1 N–H and O–H groups in total. The molecule has 0 spiro atoms. The summed E-state index contributed by atoms with van der Waals surface area (Å²) in [6.07, 6.45) is 2.04. The van der Waals surface area contributed by atoms with E-state index >= 15 is 0 Å². The molecule has 1 aliphatic heterocycles. The molecule has 1 aliphatic rings. The number of methoxy groups -OCH3 is 1. The lowest BCUT2D eigenvalue weighted by Crippen LogP contribution is -2.41. The number of rotatable bonds is 8. The summed E-state index contributed by atoms with van der Waals surface area (Å²) in [6.45, 7) is 1.93. The minimum Gasteiger partial charge on any atom is -0.497 e. The molecular formula is C24H26N4O3S. The molecule has 8 heteroatoms. The number of carbonyl (C=O) groups excluding carboxylic acids is 2. The molecule has 1 saturated heterocycles. The fourth-order valence-corrected chi connectivity index (χ4v) is 4.33. The quantitative estimate of drug-likeness (QED) is 0.558. The normalized spacial score (nSPS) is 13.1. The van der Waals surface area contributed by atoms with Crippen LogP contribution in [0.25, 0.3) is 0 Å². The van der Waals surface area contributed by atoms with Gasteiger partial charge in [-0.15, -0.1) is 11.3 Å². The van der Waals surface area contributed by atoms with E-state index in [9.17, 15) is 9.59 Å². The molecule has 166 valence electrons. The van der Waals surface area contributed by atoms with Crippen LogP contribution in [0.2, 0.25) is 0 Å². The monoisotopic (exact) mass is 450 g/mol. The van der Waals surface area contributed by atoms with Gasteiger partial charge in [0.2, 0.25) is 5.91 Å². The Hall–Kier alpha value is -3.39. The minimum atomic E-state index is -0.250. The van der Waals surface area contributed by atoms with Gasteiger partial charge in [0.05, 0.1) is 7.11 Å². The van der Waals surface area contributed by atoms with Crippen LogP contribution in [0.4, 0.5) is 10.8 Å². The molecule has 3 aromatic rings. The molecule has 0 bridgehead atoms. The van der Waals surface area contributed by atoms with Crippen molar-refractivity contribution in [3.05, 3.63) is 71.2 Å². The zero-order valence-electron chi connectivity index (χ0n) is 18.0. The average molecular weight is 451 g/mol. The largest absolute Gasteiger partial charge is 0.497 e. The van der Waals surface area contributed by atoms with E-state index in [0.717, 1.165) is 42.9 Å². The molecule has 32 heavy (non-hydrogen) atoms. The maximum Gasteiger partial charge on any atom is 0.274 e. The van der Waals surface area contributed by atoms with Gasteiger partial charge in [-0.3, -0.25) is 9.59 Å². The van der Waals surface area contributed by atoms with E-state index < -0.39 is 0 Å². The topological polar surface area (TPSA) is 74.8 Å². The third-order valence-electron chi connectivity index (χ3n) is 5.35. The van der Waals surface area contributed by atoms with E-state index in [0.29, 0.717) is 17.4 Å². The standard InChI is InChI=1S/C24H26N4O3S/c1-31-20-11-9-19(10-12-20)25-24-26-21(17-32-24)23(30)28(15-18-7-3-2-4-8-18)16-22(29)27-13-5-6-14-27/h2-4,7-12,17H,5-6,13-16H2,1H3,(H,25,26). The van der Waals surface area contributed by atoms with Gasteiger partial charge in [-0.2, -0.15) is 0 Å². The molecule has 7 nitrogen and oxygen atoms in total. The molecule has 0 radical (unpaired) electrons. The number of hydrogen-bond acceptors (Lipinski definition) is 6. The van der Waals surface area contributed by atoms with Gasteiger partial charge in [0.25, 0.3) is 5.91 Å². The summed E-state index contributed by atoms with van der Waals surface area (Å²) in [5, 5.41) is 5.55. The van der Waals surface area contributed by atoms with Gasteiger partial charge in [-0.1, -0.05) is 30.3 Å². The van der Waals surface area contributed by atoms with Crippen LogP contribution >= 0.6 is 11.3 Å². The molecule has 2 heterocycles. The molecule has 0 saturated carbocycles. The minimum absolute atomic E-state index is 0.0152. The van der Waals surface area contributed by atoms with Crippen LogP contribution in [-0.2, 0) is 11.3 Å². The lowest BCUT2D eigenvalue weighted by atomic mass is 10.2. The maximum absolute atomic E-state index is 13.3. The van der Waals surface area contributed by atoms with Crippen molar-refractivity contribution in [3.8, 4) is 5.75 Å². The number of thiazole rings is 1. The highest BCUT2D eigenvalue weighted by Crippen LogP contribution is 2.24. The summed E-state index contributed by atoms with van der Waals surface area (Å²) >= 11 is 1.35. The second-order valence-corrected chi connectivity index (χ2v) is 8.48. The number of likely N-dealkylation sites (tertiary alicyclic amines) is 1. The number of hydrogen-bond donors (Lipinski definition) is 1. The van der Waals surface area contributed by atoms with Gasteiger partial charge in [0.1, 0.15) is 18.0 Å².